The van der Waals surface area contributed by atoms with Crippen LogP contribution < -0.4 is 5.73 Å². The van der Waals surface area contributed by atoms with Crippen LogP contribution in [0.2, 0.25) is 0 Å². The van der Waals surface area contributed by atoms with Crippen LogP contribution in [0.25, 0.3) is 0 Å². The van der Waals surface area contributed by atoms with E-state index in [2.05, 4.69) is 0 Å². The number of aliphatic hydroxyl groups is 2. The van der Waals surface area contributed by atoms with Gasteiger partial charge in [-0.15, -0.1) is 0 Å². The van der Waals surface area contributed by atoms with Crippen molar-refractivity contribution in [1.82, 2.24) is 0 Å². The Labute approximate surface area is 83.4 Å². The summed E-state index contributed by atoms with van der Waals surface area (Å²) in [6.45, 7) is -0.451. The summed E-state index contributed by atoms with van der Waals surface area (Å²) in [6, 6.07) is 3.85. The molecule has 0 aliphatic carbocycles. The maximum absolute atomic E-state index is 9.44. The van der Waals surface area contributed by atoms with E-state index in [1.54, 1.807) is 0 Å². The van der Waals surface area contributed by atoms with Crippen LogP contribution in [0, 0.1) is 22.7 Å². The first-order valence-electron chi connectivity index (χ1n) is 4.42. The highest BCUT2D eigenvalue weighted by atomic mass is 16.3. The number of hydrogen-bond donors (Lipinski definition) is 3. The lowest BCUT2D eigenvalue weighted by molar-refractivity contribution is 0.0237. The van der Waals surface area contributed by atoms with Gasteiger partial charge in [0.25, 0.3) is 0 Å². The fraction of sp³-hybridized carbons (Fsp3) is 0.778. The predicted molar refractivity (Wildman–Crippen MR) is 49.7 cm³/mol. The fourth-order valence-electron chi connectivity index (χ4n) is 1.22. The lowest BCUT2D eigenvalue weighted by atomic mass is 9.84. The third-order valence-corrected chi connectivity index (χ3v) is 2.24. The summed E-state index contributed by atoms with van der Waals surface area (Å²) in [5, 5.41) is 35.0. The molecule has 4 N–H and O–H groups in total. The Morgan fingerprint density at radius 1 is 1.21 bits per heavy atom. The van der Waals surface area contributed by atoms with Crippen molar-refractivity contribution < 1.29 is 10.2 Å². The Morgan fingerprint density at radius 2 is 1.64 bits per heavy atom. The lowest BCUT2D eigenvalue weighted by Gasteiger charge is -2.32. The third-order valence-electron chi connectivity index (χ3n) is 2.24. The van der Waals surface area contributed by atoms with Crippen LogP contribution in [0.4, 0.5) is 0 Å². The maximum atomic E-state index is 9.44. The number of rotatable bonds is 6. The predicted octanol–water partition coefficient (Wildman–Crippen LogP) is -0.355. The average molecular weight is 197 g/mol. The largest absolute Gasteiger partial charge is 0.394 e. The monoisotopic (exact) mass is 197 g/mol. The van der Waals surface area contributed by atoms with Gasteiger partial charge in [-0.05, 0) is 12.8 Å². The first-order valence-corrected chi connectivity index (χ1v) is 4.42. The molecule has 0 rings (SSSR count). The third kappa shape index (κ3) is 3.71. The quantitative estimate of drug-likeness (QED) is 0.538. The Morgan fingerprint density at radius 3 is 1.93 bits per heavy atom. The van der Waals surface area contributed by atoms with E-state index in [4.69, 9.17) is 21.4 Å². The van der Waals surface area contributed by atoms with Crippen LogP contribution >= 0.6 is 0 Å². The van der Waals surface area contributed by atoms with Crippen LogP contribution in [0.3, 0.4) is 0 Å². The van der Waals surface area contributed by atoms with Gasteiger partial charge in [0.2, 0.25) is 0 Å². The van der Waals surface area contributed by atoms with E-state index >= 15 is 0 Å². The summed E-state index contributed by atoms with van der Waals surface area (Å²) in [5.74, 6) is 0. The minimum absolute atomic E-state index is 0.207. The highest BCUT2D eigenvalue weighted by Gasteiger charge is 2.32. The maximum Gasteiger partial charge on any atom is 0.0950 e. The molecule has 5 nitrogen and oxygen atoms in total. The van der Waals surface area contributed by atoms with E-state index < -0.39 is 18.2 Å². The molecule has 0 heterocycles. The molecule has 0 bridgehead atoms. The molecular formula is C9H15N3O2. The van der Waals surface area contributed by atoms with Crippen molar-refractivity contribution >= 4 is 0 Å². The highest BCUT2D eigenvalue weighted by Crippen LogP contribution is 2.20. The van der Waals surface area contributed by atoms with Crippen molar-refractivity contribution in [2.24, 2.45) is 5.73 Å². The van der Waals surface area contributed by atoms with Gasteiger partial charge in [0.05, 0.1) is 24.8 Å². The number of aliphatic hydroxyl groups excluding tert-OH is 2. The first-order chi connectivity index (χ1) is 6.60. The molecule has 0 saturated carbocycles. The van der Waals surface area contributed by atoms with Gasteiger partial charge in [0, 0.05) is 18.4 Å². The molecule has 0 aromatic heterocycles. The Bertz CT molecular complexity index is 223. The summed E-state index contributed by atoms with van der Waals surface area (Å²) in [7, 11) is 0. The molecular weight excluding hydrogens is 182 g/mol. The molecule has 5 heteroatoms. The van der Waals surface area contributed by atoms with Crippen molar-refractivity contribution in [2.45, 2.75) is 37.3 Å². The van der Waals surface area contributed by atoms with Gasteiger partial charge in [-0.2, -0.15) is 10.5 Å². The molecule has 0 saturated heterocycles. The normalized spacial score (nSPS) is 12.9. The summed E-state index contributed by atoms with van der Waals surface area (Å²) >= 11 is 0. The van der Waals surface area contributed by atoms with Crippen molar-refractivity contribution in [3.63, 3.8) is 0 Å². The zero-order valence-electron chi connectivity index (χ0n) is 7.98. The molecule has 78 valence electrons. The minimum atomic E-state index is -1.08. The molecule has 0 aromatic rings. The second kappa shape index (κ2) is 6.33. The molecule has 1 atom stereocenters. The molecule has 14 heavy (non-hydrogen) atoms. The Kier molecular flexibility index (Phi) is 5.82. The minimum Gasteiger partial charge on any atom is -0.394 e. The van der Waals surface area contributed by atoms with Gasteiger partial charge in [-0.3, -0.25) is 0 Å². The summed E-state index contributed by atoms with van der Waals surface area (Å²) in [5.41, 5.74) is 4.78. The smallest absolute Gasteiger partial charge is 0.0950 e. The number of nitrogens with two attached hydrogens (primary N) is 1. The number of nitrogens with zero attached hydrogens (tertiary/aromatic N) is 2. The first kappa shape index (κ1) is 12.9. The summed E-state index contributed by atoms with van der Waals surface area (Å²) < 4.78 is 0. The molecule has 1 unspecified atom stereocenters. The van der Waals surface area contributed by atoms with E-state index in [9.17, 15) is 5.11 Å². The van der Waals surface area contributed by atoms with Crippen molar-refractivity contribution in [2.75, 3.05) is 6.61 Å². The SMILES string of the molecule is N#CCCC(N)(CCC#N)C(O)CO. The van der Waals surface area contributed by atoms with E-state index in [1.165, 1.54) is 0 Å². The molecule has 0 spiro atoms. The van der Waals surface area contributed by atoms with Gasteiger partial charge in [0.15, 0.2) is 0 Å². The number of hydrogen-bond acceptors (Lipinski definition) is 5. The summed E-state index contributed by atoms with van der Waals surface area (Å²) in [4.78, 5) is 0. The van der Waals surface area contributed by atoms with Gasteiger partial charge in [-0.25, -0.2) is 0 Å². The number of nitriles is 2. The van der Waals surface area contributed by atoms with Crippen LogP contribution in [0.5, 0.6) is 0 Å². The van der Waals surface area contributed by atoms with Gasteiger partial charge >= 0.3 is 0 Å². The van der Waals surface area contributed by atoms with E-state index in [0.717, 1.165) is 0 Å². The van der Waals surface area contributed by atoms with E-state index in [1.807, 2.05) is 12.1 Å². The van der Waals surface area contributed by atoms with Crippen LogP contribution in [0.15, 0.2) is 0 Å². The van der Waals surface area contributed by atoms with Crippen molar-refractivity contribution in [3.05, 3.63) is 0 Å². The van der Waals surface area contributed by atoms with E-state index in [-0.39, 0.29) is 25.7 Å². The van der Waals surface area contributed by atoms with Gasteiger partial charge in [0.1, 0.15) is 0 Å². The van der Waals surface area contributed by atoms with Crippen molar-refractivity contribution in [3.8, 4) is 12.1 Å². The second-order valence-corrected chi connectivity index (χ2v) is 3.25. The topological polar surface area (TPSA) is 114 Å². The molecule has 0 aliphatic heterocycles. The lowest BCUT2D eigenvalue weighted by Crippen LogP contribution is -2.52. The summed E-state index contributed by atoms with van der Waals surface area (Å²) in [6.07, 6.45) is -0.0955. The van der Waals surface area contributed by atoms with Gasteiger partial charge < -0.3 is 15.9 Å². The van der Waals surface area contributed by atoms with Crippen LogP contribution in [-0.4, -0.2) is 28.5 Å². The standard InChI is InChI=1S/C9H15N3O2/c10-5-1-3-9(12,4-2-6-11)8(14)7-13/h8,13-14H,1-4,7,12H2. The molecule has 0 aromatic carbocycles. The van der Waals surface area contributed by atoms with Gasteiger partial charge in [-0.1, -0.05) is 0 Å². The Hall–Kier alpha value is -1.14. The molecule has 0 aliphatic rings. The van der Waals surface area contributed by atoms with E-state index in [0.29, 0.717) is 0 Å². The average Bonchev–Trinajstić information content (AvgIpc) is 2.22. The molecule has 0 amide bonds. The van der Waals surface area contributed by atoms with Crippen molar-refractivity contribution in [1.29, 1.82) is 10.5 Å². The molecule has 0 radical (unpaired) electrons. The Balaban J connectivity index is 4.34. The second-order valence-electron chi connectivity index (χ2n) is 3.25. The van der Waals surface area contributed by atoms with Crippen LogP contribution in [-0.2, 0) is 0 Å². The zero-order valence-corrected chi connectivity index (χ0v) is 7.98. The fourth-order valence-corrected chi connectivity index (χ4v) is 1.22. The van der Waals surface area contributed by atoms with Crippen LogP contribution in [0.1, 0.15) is 25.7 Å². The zero-order chi connectivity index (χ0) is 11.0. The molecule has 0 fully saturated rings. The highest BCUT2D eigenvalue weighted by molar-refractivity contribution is 4.95.